The summed E-state index contributed by atoms with van der Waals surface area (Å²) in [6.07, 6.45) is 0.247. The number of benzene rings is 4. The van der Waals surface area contributed by atoms with Crippen molar-refractivity contribution in [1.82, 2.24) is 10.2 Å². The third kappa shape index (κ3) is 8.05. The number of nitrogens with zero attached hydrogens (tertiary/aromatic N) is 2. The second kappa shape index (κ2) is 14.7. The van der Waals surface area contributed by atoms with E-state index in [0.29, 0.717) is 5.75 Å². The number of methoxy groups -OCH3 is 1. The highest BCUT2D eigenvalue weighted by atomic mass is 32.2. The number of para-hydroxylation sites is 2. The van der Waals surface area contributed by atoms with Crippen molar-refractivity contribution in [1.29, 1.82) is 0 Å². The van der Waals surface area contributed by atoms with E-state index in [1.165, 1.54) is 24.1 Å². The lowest BCUT2D eigenvalue weighted by Crippen LogP contribution is -2.54. The fourth-order valence-corrected chi connectivity index (χ4v) is 6.34. The molecule has 4 rings (SSSR count). The van der Waals surface area contributed by atoms with Crippen LogP contribution < -0.4 is 14.4 Å². The number of hydrogen-bond donors (Lipinski definition) is 1. The lowest BCUT2D eigenvalue weighted by Gasteiger charge is -2.34. The molecule has 230 valence electrons. The zero-order valence-corrected chi connectivity index (χ0v) is 26.3. The average Bonchev–Trinajstić information content (AvgIpc) is 3.02. The van der Waals surface area contributed by atoms with E-state index in [-0.39, 0.29) is 35.5 Å². The monoisotopic (exact) mass is 613 g/mol. The van der Waals surface area contributed by atoms with Gasteiger partial charge in [0.05, 0.1) is 17.7 Å². The van der Waals surface area contributed by atoms with E-state index in [9.17, 15) is 18.0 Å². The van der Waals surface area contributed by atoms with Crippen LogP contribution in [0.25, 0.3) is 0 Å². The average molecular weight is 614 g/mol. The van der Waals surface area contributed by atoms with Gasteiger partial charge in [0.15, 0.2) is 0 Å². The van der Waals surface area contributed by atoms with Gasteiger partial charge in [0.25, 0.3) is 10.0 Å². The van der Waals surface area contributed by atoms with Crippen molar-refractivity contribution < 1.29 is 22.7 Å². The standard InChI is InChI=1S/C35H39N3O5S/c1-26(2)36-35(40)32(23-28-13-7-5-8-14-28)37(24-29-21-19-27(3)20-22-29)34(39)25-38(31-17-11-12-18-33(31)43-4)44(41,42)30-15-9-6-10-16-30/h5-22,26,32H,23-25H2,1-4H3,(H,36,40)/t32-/m1/s1. The van der Waals surface area contributed by atoms with Gasteiger partial charge >= 0.3 is 0 Å². The summed E-state index contributed by atoms with van der Waals surface area (Å²) in [4.78, 5) is 29.8. The van der Waals surface area contributed by atoms with Crippen molar-refractivity contribution in [3.63, 3.8) is 0 Å². The maximum Gasteiger partial charge on any atom is 0.264 e. The Hall–Kier alpha value is -4.63. The van der Waals surface area contributed by atoms with Gasteiger partial charge in [-0.05, 0) is 56.2 Å². The molecule has 4 aromatic carbocycles. The minimum atomic E-state index is -4.21. The summed E-state index contributed by atoms with van der Waals surface area (Å²) in [7, 11) is -2.76. The maximum atomic E-state index is 14.5. The molecule has 44 heavy (non-hydrogen) atoms. The van der Waals surface area contributed by atoms with Crippen LogP contribution in [-0.2, 0) is 32.6 Å². The van der Waals surface area contributed by atoms with Crippen LogP contribution in [0.2, 0.25) is 0 Å². The lowest BCUT2D eigenvalue weighted by molar-refractivity contribution is -0.140. The van der Waals surface area contributed by atoms with E-state index in [2.05, 4.69) is 5.32 Å². The predicted molar refractivity (Wildman–Crippen MR) is 173 cm³/mol. The molecule has 9 heteroatoms. The van der Waals surface area contributed by atoms with Crippen molar-refractivity contribution in [2.75, 3.05) is 18.0 Å². The third-order valence-electron chi connectivity index (χ3n) is 7.14. The second-order valence-corrected chi connectivity index (χ2v) is 12.7. The number of carbonyl (C=O) groups is 2. The summed E-state index contributed by atoms with van der Waals surface area (Å²) in [5.41, 5.74) is 2.96. The molecule has 0 aliphatic rings. The molecule has 0 aromatic heterocycles. The highest BCUT2D eigenvalue weighted by Gasteiger charge is 2.35. The van der Waals surface area contributed by atoms with Gasteiger partial charge in [-0.15, -0.1) is 0 Å². The number of anilines is 1. The van der Waals surface area contributed by atoms with E-state index >= 15 is 0 Å². The van der Waals surface area contributed by atoms with Gasteiger partial charge in [0, 0.05) is 19.0 Å². The number of aryl methyl sites for hydroxylation is 1. The molecule has 2 amide bonds. The van der Waals surface area contributed by atoms with E-state index in [4.69, 9.17) is 4.74 Å². The highest BCUT2D eigenvalue weighted by molar-refractivity contribution is 7.92. The van der Waals surface area contributed by atoms with Crippen LogP contribution >= 0.6 is 0 Å². The first-order chi connectivity index (χ1) is 21.1. The lowest BCUT2D eigenvalue weighted by atomic mass is 10.0. The molecule has 0 heterocycles. The minimum absolute atomic E-state index is 0.0298. The van der Waals surface area contributed by atoms with Crippen molar-refractivity contribution in [2.24, 2.45) is 0 Å². The minimum Gasteiger partial charge on any atom is -0.495 e. The number of ether oxygens (including phenoxy) is 1. The van der Waals surface area contributed by atoms with Gasteiger partial charge in [-0.1, -0.05) is 90.5 Å². The van der Waals surface area contributed by atoms with E-state index in [0.717, 1.165) is 21.0 Å². The molecular formula is C35H39N3O5S. The number of sulfonamides is 1. The number of hydrogen-bond acceptors (Lipinski definition) is 5. The highest BCUT2D eigenvalue weighted by Crippen LogP contribution is 2.32. The zero-order valence-electron chi connectivity index (χ0n) is 25.5. The normalized spacial score (nSPS) is 11.9. The van der Waals surface area contributed by atoms with Crippen LogP contribution in [0.5, 0.6) is 5.75 Å². The first-order valence-corrected chi connectivity index (χ1v) is 15.9. The molecule has 0 aliphatic carbocycles. The second-order valence-electron chi connectivity index (χ2n) is 10.9. The van der Waals surface area contributed by atoms with Crippen LogP contribution in [0, 0.1) is 6.92 Å². The summed E-state index contributed by atoms with van der Waals surface area (Å²) in [6, 6.07) is 30.7. The molecule has 1 atom stereocenters. The Kier molecular flexibility index (Phi) is 10.8. The summed E-state index contributed by atoms with van der Waals surface area (Å²) in [5.74, 6) is -0.557. The number of nitrogens with one attached hydrogen (secondary N) is 1. The van der Waals surface area contributed by atoms with Crippen LogP contribution in [0.1, 0.15) is 30.5 Å². The molecule has 0 bridgehead atoms. The van der Waals surface area contributed by atoms with Crippen molar-refractivity contribution >= 4 is 27.5 Å². The third-order valence-corrected chi connectivity index (χ3v) is 8.91. The van der Waals surface area contributed by atoms with Gasteiger partial charge in [-0.25, -0.2) is 8.42 Å². The van der Waals surface area contributed by atoms with Gasteiger partial charge in [-0.3, -0.25) is 13.9 Å². The maximum absolute atomic E-state index is 14.5. The molecule has 0 spiro atoms. The summed E-state index contributed by atoms with van der Waals surface area (Å²) < 4.78 is 34.8. The Morgan fingerprint density at radius 3 is 2.00 bits per heavy atom. The summed E-state index contributed by atoms with van der Waals surface area (Å²) in [5, 5.41) is 2.97. The van der Waals surface area contributed by atoms with Gasteiger partial charge in [-0.2, -0.15) is 0 Å². The SMILES string of the molecule is COc1ccccc1N(CC(=O)N(Cc1ccc(C)cc1)[C@H](Cc1ccccc1)C(=O)NC(C)C)S(=O)(=O)c1ccccc1. The van der Waals surface area contributed by atoms with Gasteiger partial charge in [0.2, 0.25) is 11.8 Å². The van der Waals surface area contributed by atoms with E-state index in [1.54, 1.807) is 42.5 Å². The van der Waals surface area contributed by atoms with Crippen LogP contribution in [-0.4, -0.2) is 50.9 Å². The summed E-state index contributed by atoms with van der Waals surface area (Å²) >= 11 is 0. The van der Waals surface area contributed by atoms with E-state index in [1.807, 2.05) is 75.4 Å². The van der Waals surface area contributed by atoms with Crippen LogP contribution in [0.4, 0.5) is 5.69 Å². The molecule has 0 radical (unpaired) electrons. The molecule has 0 aliphatic heterocycles. The number of amides is 2. The quantitative estimate of drug-likeness (QED) is 0.219. The smallest absolute Gasteiger partial charge is 0.264 e. The van der Waals surface area contributed by atoms with Crippen molar-refractivity contribution in [3.05, 3.63) is 126 Å². The van der Waals surface area contributed by atoms with Gasteiger partial charge in [0.1, 0.15) is 18.3 Å². The number of rotatable bonds is 13. The predicted octanol–water partition coefficient (Wildman–Crippen LogP) is 5.36. The zero-order chi connectivity index (χ0) is 31.7. The summed E-state index contributed by atoms with van der Waals surface area (Å²) in [6.45, 7) is 5.25. The first kappa shape index (κ1) is 32.3. The topological polar surface area (TPSA) is 96.0 Å². The molecule has 0 saturated heterocycles. The van der Waals surface area contributed by atoms with Crippen LogP contribution in [0.15, 0.2) is 114 Å². The molecular weight excluding hydrogens is 574 g/mol. The number of carbonyl (C=O) groups excluding carboxylic acids is 2. The Bertz CT molecular complexity index is 1640. The molecule has 0 fully saturated rings. The largest absolute Gasteiger partial charge is 0.495 e. The Labute approximate surface area is 260 Å². The Balaban J connectivity index is 1.82. The molecule has 4 aromatic rings. The molecule has 8 nitrogen and oxygen atoms in total. The molecule has 1 N–H and O–H groups in total. The van der Waals surface area contributed by atoms with Gasteiger partial charge < -0.3 is 15.0 Å². The van der Waals surface area contributed by atoms with Crippen molar-refractivity contribution in [2.45, 2.75) is 50.7 Å². The van der Waals surface area contributed by atoms with E-state index < -0.39 is 28.5 Å². The fraction of sp³-hybridized carbons (Fsp3) is 0.257. The van der Waals surface area contributed by atoms with Crippen molar-refractivity contribution in [3.8, 4) is 5.75 Å². The van der Waals surface area contributed by atoms with Crippen LogP contribution in [0.3, 0.4) is 0 Å². The molecule has 0 unspecified atom stereocenters. The fourth-order valence-electron chi connectivity index (χ4n) is 4.89. The Morgan fingerprint density at radius 2 is 1.39 bits per heavy atom. The molecule has 0 saturated carbocycles. The first-order valence-electron chi connectivity index (χ1n) is 14.5. The Morgan fingerprint density at radius 1 is 0.795 bits per heavy atom.